The summed E-state index contributed by atoms with van der Waals surface area (Å²) in [6.45, 7) is 0. The summed E-state index contributed by atoms with van der Waals surface area (Å²) in [4.78, 5) is 20.1. The minimum Gasteiger partial charge on any atom is -0.385 e. The lowest BCUT2D eigenvalue weighted by molar-refractivity contribution is -0.0424. The maximum atomic E-state index is 12.8. The molecule has 136 valence electrons. The smallest absolute Gasteiger partial charge is 0.322 e. The Bertz CT molecular complexity index is 767. The highest BCUT2D eigenvalue weighted by Gasteiger charge is 2.50. The largest absolute Gasteiger partial charge is 0.385 e. The molecule has 2 atom stereocenters. The van der Waals surface area contributed by atoms with Crippen LogP contribution in [0.5, 0.6) is 0 Å². The van der Waals surface area contributed by atoms with E-state index in [1.165, 1.54) is 4.90 Å². The van der Waals surface area contributed by atoms with E-state index in [4.69, 9.17) is 0 Å². The first-order chi connectivity index (χ1) is 12.6. The zero-order chi connectivity index (χ0) is 18.1. The Hall–Kier alpha value is -2.05. The molecule has 2 fully saturated rings. The van der Waals surface area contributed by atoms with E-state index in [1.807, 2.05) is 47.6 Å². The average molecular weight is 369 g/mol. The molecule has 5 nitrogen and oxygen atoms in total. The van der Waals surface area contributed by atoms with E-state index in [2.05, 4.69) is 10.3 Å². The van der Waals surface area contributed by atoms with Gasteiger partial charge in [-0.05, 0) is 49.4 Å². The van der Waals surface area contributed by atoms with E-state index in [1.54, 1.807) is 24.2 Å². The molecule has 3 heterocycles. The van der Waals surface area contributed by atoms with Crippen molar-refractivity contribution in [2.75, 3.05) is 11.6 Å². The first kappa shape index (κ1) is 17.4. The van der Waals surface area contributed by atoms with Crippen molar-refractivity contribution >= 4 is 23.5 Å². The summed E-state index contributed by atoms with van der Waals surface area (Å²) in [6, 6.07) is 11.7. The highest BCUT2D eigenvalue weighted by molar-refractivity contribution is 7.98. The molecule has 2 bridgehead atoms. The molecule has 0 spiro atoms. The van der Waals surface area contributed by atoms with Crippen LogP contribution in [0.1, 0.15) is 31.2 Å². The van der Waals surface area contributed by atoms with Crippen molar-refractivity contribution in [3.05, 3.63) is 54.4 Å². The zero-order valence-corrected chi connectivity index (χ0v) is 15.6. The quantitative estimate of drug-likeness (QED) is 0.807. The van der Waals surface area contributed by atoms with E-state index < -0.39 is 5.60 Å². The Morgan fingerprint density at radius 1 is 1.23 bits per heavy atom. The third kappa shape index (κ3) is 3.19. The van der Waals surface area contributed by atoms with Crippen molar-refractivity contribution in [3.63, 3.8) is 0 Å². The fourth-order valence-corrected chi connectivity index (χ4v) is 4.70. The summed E-state index contributed by atoms with van der Waals surface area (Å²) in [6.07, 6.45) is 8.48. The Kier molecular flexibility index (Phi) is 4.63. The summed E-state index contributed by atoms with van der Waals surface area (Å²) in [5.74, 6) is 0. The van der Waals surface area contributed by atoms with Gasteiger partial charge in [0, 0.05) is 53.5 Å². The molecule has 6 heteroatoms. The maximum absolute atomic E-state index is 12.8. The van der Waals surface area contributed by atoms with Gasteiger partial charge in [-0.3, -0.25) is 4.98 Å². The second kappa shape index (κ2) is 6.93. The number of thioether (sulfide) groups is 1. The number of benzene rings is 1. The Morgan fingerprint density at radius 2 is 1.92 bits per heavy atom. The number of nitrogens with one attached hydrogen (secondary N) is 1. The highest BCUT2D eigenvalue weighted by atomic mass is 32.2. The summed E-state index contributed by atoms with van der Waals surface area (Å²) < 4.78 is 0. The number of aliphatic hydroxyl groups is 1. The molecule has 2 unspecified atom stereocenters. The monoisotopic (exact) mass is 369 g/mol. The molecule has 2 aliphatic rings. The third-order valence-corrected chi connectivity index (χ3v) is 6.28. The number of carbonyl (C=O) groups is 1. The van der Waals surface area contributed by atoms with Crippen molar-refractivity contribution in [1.29, 1.82) is 0 Å². The van der Waals surface area contributed by atoms with Crippen molar-refractivity contribution in [3.8, 4) is 0 Å². The van der Waals surface area contributed by atoms with Crippen LogP contribution in [0.2, 0.25) is 0 Å². The van der Waals surface area contributed by atoms with Gasteiger partial charge in [0.15, 0.2) is 0 Å². The van der Waals surface area contributed by atoms with Gasteiger partial charge in [-0.15, -0.1) is 11.8 Å². The molecule has 4 rings (SSSR count). The Morgan fingerprint density at radius 3 is 2.50 bits per heavy atom. The molecular formula is C20H23N3O2S. The SMILES string of the molecule is CSc1ccc(NC(=O)N2C3CCC2CC(O)(c2cccnc2)C3)cc1. The van der Waals surface area contributed by atoms with E-state index in [9.17, 15) is 9.90 Å². The van der Waals surface area contributed by atoms with Gasteiger partial charge in [0.05, 0.1) is 5.60 Å². The van der Waals surface area contributed by atoms with E-state index in [0.717, 1.165) is 24.1 Å². The van der Waals surface area contributed by atoms with Gasteiger partial charge in [0.1, 0.15) is 0 Å². The van der Waals surface area contributed by atoms with Crippen LogP contribution in [0.4, 0.5) is 10.5 Å². The predicted molar refractivity (Wildman–Crippen MR) is 103 cm³/mol. The van der Waals surface area contributed by atoms with Crippen LogP contribution in [-0.2, 0) is 5.60 Å². The molecule has 0 radical (unpaired) electrons. The number of amides is 2. The van der Waals surface area contributed by atoms with Crippen LogP contribution in [0.3, 0.4) is 0 Å². The molecule has 0 saturated carbocycles. The first-order valence-electron chi connectivity index (χ1n) is 8.95. The standard InChI is InChI=1S/C20H23N3O2S/c1-26-18-8-4-15(5-9-18)22-19(24)23-16-6-7-17(23)12-20(25,11-16)14-3-2-10-21-13-14/h2-5,8-10,13,16-17,25H,6-7,11-12H2,1H3,(H,22,24). The number of hydrogen-bond donors (Lipinski definition) is 2. The zero-order valence-electron chi connectivity index (χ0n) is 14.8. The van der Waals surface area contributed by atoms with Gasteiger partial charge in [0.2, 0.25) is 0 Å². The topological polar surface area (TPSA) is 65.5 Å². The van der Waals surface area contributed by atoms with Crippen molar-refractivity contribution in [2.45, 2.75) is 48.3 Å². The molecule has 2 saturated heterocycles. The maximum Gasteiger partial charge on any atom is 0.322 e. The summed E-state index contributed by atoms with van der Waals surface area (Å²) >= 11 is 1.68. The first-order valence-corrected chi connectivity index (χ1v) is 10.2. The van der Waals surface area contributed by atoms with Crippen LogP contribution in [0.15, 0.2) is 53.7 Å². The number of hydrogen-bond acceptors (Lipinski definition) is 4. The molecule has 26 heavy (non-hydrogen) atoms. The molecule has 1 aromatic carbocycles. The van der Waals surface area contributed by atoms with Gasteiger partial charge < -0.3 is 15.3 Å². The molecule has 1 aromatic heterocycles. The molecule has 0 aliphatic carbocycles. The number of pyridine rings is 1. The van der Waals surface area contributed by atoms with Gasteiger partial charge in [0.25, 0.3) is 0 Å². The lowest BCUT2D eigenvalue weighted by Gasteiger charge is -2.43. The van der Waals surface area contributed by atoms with Gasteiger partial charge in [-0.2, -0.15) is 0 Å². The van der Waals surface area contributed by atoms with Crippen LogP contribution in [0.25, 0.3) is 0 Å². The number of piperidine rings is 1. The Balaban J connectivity index is 1.48. The van der Waals surface area contributed by atoms with Crippen LogP contribution < -0.4 is 5.32 Å². The summed E-state index contributed by atoms with van der Waals surface area (Å²) in [7, 11) is 0. The minimum absolute atomic E-state index is 0.0597. The fourth-order valence-electron chi connectivity index (χ4n) is 4.29. The van der Waals surface area contributed by atoms with Crippen molar-refractivity contribution in [2.24, 2.45) is 0 Å². The molecule has 2 amide bonds. The Labute approximate surface area is 157 Å². The van der Waals surface area contributed by atoms with Crippen LogP contribution >= 0.6 is 11.8 Å². The van der Waals surface area contributed by atoms with Crippen LogP contribution in [-0.4, -0.2) is 39.4 Å². The molecule has 2 aromatic rings. The third-order valence-electron chi connectivity index (χ3n) is 5.54. The number of carbonyl (C=O) groups excluding carboxylic acids is 1. The number of fused-ring (bicyclic) bond motifs is 2. The summed E-state index contributed by atoms with van der Waals surface area (Å²) in [5, 5.41) is 14.2. The number of urea groups is 1. The lowest BCUT2D eigenvalue weighted by Crippen LogP contribution is -2.53. The predicted octanol–water partition coefficient (Wildman–Crippen LogP) is 3.85. The normalized spacial score (nSPS) is 27.4. The second-order valence-corrected chi connectivity index (χ2v) is 8.01. The number of nitrogens with zero attached hydrogens (tertiary/aromatic N) is 2. The highest BCUT2D eigenvalue weighted by Crippen LogP contribution is 2.45. The molecule has 2 aliphatic heterocycles. The molecular weight excluding hydrogens is 346 g/mol. The summed E-state index contributed by atoms with van der Waals surface area (Å²) in [5.41, 5.74) is 0.765. The van der Waals surface area contributed by atoms with E-state index in [-0.39, 0.29) is 18.1 Å². The average Bonchev–Trinajstić information content (AvgIpc) is 2.95. The number of rotatable bonds is 3. The van der Waals surface area contributed by atoms with E-state index >= 15 is 0 Å². The van der Waals surface area contributed by atoms with Crippen molar-refractivity contribution < 1.29 is 9.90 Å². The number of aromatic nitrogens is 1. The minimum atomic E-state index is -0.892. The van der Waals surface area contributed by atoms with Crippen LogP contribution in [0, 0.1) is 0 Å². The van der Waals surface area contributed by atoms with E-state index in [0.29, 0.717) is 12.8 Å². The molecule has 2 N–H and O–H groups in total. The number of anilines is 1. The second-order valence-electron chi connectivity index (χ2n) is 7.13. The lowest BCUT2D eigenvalue weighted by atomic mass is 9.81. The van der Waals surface area contributed by atoms with Gasteiger partial charge >= 0.3 is 6.03 Å². The fraction of sp³-hybridized carbons (Fsp3) is 0.400. The van der Waals surface area contributed by atoms with Gasteiger partial charge in [-0.1, -0.05) is 6.07 Å². The van der Waals surface area contributed by atoms with Gasteiger partial charge in [-0.25, -0.2) is 4.79 Å². The van der Waals surface area contributed by atoms with Crippen molar-refractivity contribution in [1.82, 2.24) is 9.88 Å².